The van der Waals surface area contributed by atoms with Gasteiger partial charge in [0.1, 0.15) is 16.9 Å². The predicted octanol–water partition coefficient (Wildman–Crippen LogP) is 3.74. The van der Waals surface area contributed by atoms with Crippen molar-refractivity contribution < 1.29 is 9.53 Å². The Kier molecular flexibility index (Phi) is 3.53. The Morgan fingerprint density at radius 3 is 2.74 bits per heavy atom. The van der Waals surface area contributed by atoms with Crippen molar-refractivity contribution in [1.82, 2.24) is 5.32 Å². The van der Waals surface area contributed by atoms with E-state index in [2.05, 4.69) is 17.6 Å². The molecule has 4 rings (SSSR count). The molecule has 120 valence electrons. The molecule has 23 heavy (non-hydrogen) atoms. The van der Waals surface area contributed by atoms with E-state index in [0.29, 0.717) is 5.92 Å². The Balaban J connectivity index is 1.65. The summed E-state index contributed by atoms with van der Waals surface area (Å²) in [7, 11) is 1.65. The first-order valence-electron chi connectivity index (χ1n) is 8.01. The maximum atomic E-state index is 12.6. The molecule has 0 radical (unpaired) electrons. The zero-order valence-corrected chi connectivity index (χ0v) is 14.1. The highest BCUT2D eigenvalue weighted by Gasteiger charge is 2.32. The fourth-order valence-electron chi connectivity index (χ4n) is 3.43. The van der Waals surface area contributed by atoms with Gasteiger partial charge in [-0.1, -0.05) is 19.1 Å². The number of rotatable bonds is 2. The van der Waals surface area contributed by atoms with Crippen molar-refractivity contribution in [2.45, 2.75) is 32.4 Å². The van der Waals surface area contributed by atoms with Gasteiger partial charge in [0.2, 0.25) is 0 Å². The molecule has 0 unspecified atom stereocenters. The number of anilines is 1. The lowest BCUT2D eigenvalue weighted by molar-refractivity contribution is 0.0935. The molecule has 4 nitrogen and oxygen atoms in total. The van der Waals surface area contributed by atoms with Gasteiger partial charge in [0.15, 0.2) is 0 Å². The minimum Gasteiger partial charge on any atom is -0.497 e. The highest BCUT2D eigenvalue weighted by atomic mass is 32.1. The van der Waals surface area contributed by atoms with Crippen LogP contribution in [0.4, 0.5) is 5.00 Å². The molecule has 1 aliphatic heterocycles. The van der Waals surface area contributed by atoms with E-state index in [9.17, 15) is 4.79 Å². The number of carbonyl (C=O) groups excluding carboxylic acids is 1. The topological polar surface area (TPSA) is 50.4 Å². The molecule has 1 aliphatic carbocycles. The van der Waals surface area contributed by atoms with Crippen LogP contribution in [0, 0.1) is 5.92 Å². The van der Waals surface area contributed by atoms with Crippen LogP contribution < -0.4 is 15.4 Å². The van der Waals surface area contributed by atoms with Crippen LogP contribution in [0.1, 0.15) is 45.9 Å². The van der Waals surface area contributed by atoms with Gasteiger partial charge < -0.3 is 15.4 Å². The van der Waals surface area contributed by atoms with Crippen LogP contribution in [0.2, 0.25) is 0 Å². The van der Waals surface area contributed by atoms with Gasteiger partial charge in [-0.25, -0.2) is 0 Å². The first-order chi connectivity index (χ1) is 11.2. The molecule has 1 aromatic carbocycles. The monoisotopic (exact) mass is 328 g/mol. The predicted molar refractivity (Wildman–Crippen MR) is 92.3 cm³/mol. The maximum absolute atomic E-state index is 12.6. The summed E-state index contributed by atoms with van der Waals surface area (Å²) < 4.78 is 5.19. The van der Waals surface area contributed by atoms with Gasteiger partial charge in [-0.05, 0) is 48.4 Å². The van der Waals surface area contributed by atoms with Crippen molar-refractivity contribution in [3.8, 4) is 5.75 Å². The Bertz CT molecular complexity index is 751. The molecule has 0 bridgehead atoms. The molecule has 2 aromatic rings. The number of thiophene rings is 1. The molecule has 0 fully saturated rings. The second-order valence-corrected chi connectivity index (χ2v) is 7.49. The summed E-state index contributed by atoms with van der Waals surface area (Å²) in [6.07, 6.45) is 3.10. The SMILES string of the molecule is COc1ccc([C@H]2NC(=O)c3c(sc4c3CC[C@@H](C)C4)N2)cc1. The Morgan fingerprint density at radius 1 is 1.22 bits per heavy atom. The molecule has 0 saturated carbocycles. The Hall–Kier alpha value is -2.01. The summed E-state index contributed by atoms with van der Waals surface area (Å²) in [5, 5.41) is 7.61. The van der Waals surface area contributed by atoms with Gasteiger partial charge in [-0.2, -0.15) is 0 Å². The summed E-state index contributed by atoms with van der Waals surface area (Å²) in [6, 6.07) is 7.80. The molecule has 5 heteroatoms. The third-order valence-corrected chi connectivity index (χ3v) is 5.92. The number of methoxy groups -OCH3 is 1. The molecule has 2 heterocycles. The van der Waals surface area contributed by atoms with Crippen molar-refractivity contribution in [2.24, 2.45) is 5.92 Å². The number of amides is 1. The number of carbonyl (C=O) groups is 1. The van der Waals surface area contributed by atoms with E-state index < -0.39 is 0 Å². The summed E-state index contributed by atoms with van der Waals surface area (Å²) in [5.41, 5.74) is 3.17. The zero-order valence-electron chi connectivity index (χ0n) is 13.3. The third kappa shape index (κ3) is 2.49. The van der Waals surface area contributed by atoms with Gasteiger partial charge in [0, 0.05) is 4.88 Å². The lowest BCUT2D eigenvalue weighted by atomic mass is 9.88. The van der Waals surface area contributed by atoms with Crippen LogP contribution in [0.15, 0.2) is 24.3 Å². The quantitative estimate of drug-likeness (QED) is 0.883. The van der Waals surface area contributed by atoms with E-state index in [1.165, 1.54) is 16.9 Å². The molecule has 1 aromatic heterocycles. The zero-order chi connectivity index (χ0) is 16.0. The van der Waals surface area contributed by atoms with Crippen molar-refractivity contribution in [3.63, 3.8) is 0 Å². The van der Waals surface area contributed by atoms with E-state index in [0.717, 1.165) is 34.7 Å². The standard InChI is InChI=1S/C18H20N2O2S/c1-10-3-8-13-14(9-10)23-18-15(13)17(21)19-16(20-18)11-4-6-12(22-2)7-5-11/h4-7,10,16,20H,3,8-9H2,1-2H3,(H,19,21)/t10-,16+/m1/s1. The Morgan fingerprint density at radius 2 is 2.00 bits per heavy atom. The second-order valence-electron chi connectivity index (χ2n) is 6.38. The first kappa shape index (κ1) is 14.6. The summed E-state index contributed by atoms with van der Waals surface area (Å²) >= 11 is 1.75. The number of benzene rings is 1. The number of hydrogen-bond acceptors (Lipinski definition) is 4. The van der Waals surface area contributed by atoms with E-state index in [4.69, 9.17) is 4.74 Å². The van der Waals surface area contributed by atoms with E-state index >= 15 is 0 Å². The largest absolute Gasteiger partial charge is 0.497 e. The lowest BCUT2D eigenvalue weighted by Gasteiger charge is -2.27. The summed E-state index contributed by atoms with van der Waals surface area (Å²) in [4.78, 5) is 14.0. The van der Waals surface area contributed by atoms with Gasteiger partial charge in [0.25, 0.3) is 5.91 Å². The third-order valence-electron chi connectivity index (χ3n) is 4.74. The molecular weight excluding hydrogens is 308 g/mol. The summed E-state index contributed by atoms with van der Waals surface area (Å²) in [5.74, 6) is 1.58. The van der Waals surface area contributed by atoms with Crippen LogP contribution in [0.25, 0.3) is 0 Å². The normalized spacial score (nSPS) is 22.6. The molecule has 0 saturated heterocycles. The number of ether oxygens (including phenoxy) is 1. The molecule has 1 amide bonds. The molecule has 2 aliphatic rings. The van der Waals surface area contributed by atoms with Gasteiger partial charge in [-0.15, -0.1) is 11.3 Å². The maximum Gasteiger partial charge on any atom is 0.256 e. The van der Waals surface area contributed by atoms with Crippen LogP contribution in [-0.2, 0) is 12.8 Å². The average molecular weight is 328 g/mol. The lowest BCUT2D eigenvalue weighted by Crippen LogP contribution is -2.38. The minimum absolute atomic E-state index is 0.0478. The van der Waals surface area contributed by atoms with E-state index in [1.807, 2.05) is 24.3 Å². The first-order valence-corrected chi connectivity index (χ1v) is 8.83. The molecule has 2 atom stereocenters. The fraction of sp³-hybridized carbons (Fsp3) is 0.389. The average Bonchev–Trinajstić information content (AvgIpc) is 2.92. The van der Waals surface area contributed by atoms with Gasteiger partial charge in [-0.3, -0.25) is 4.79 Å². The minimum atomic E-state index is -0.182. The molecule has 0 spiro atoms. The number of hydrogen-bond donors (Lipinski definition) is 2. The fourth-order valence-corrected chi connectivity index (χ4v) is 4.86. The van der Waals surface area contributed by atoms with Crippen molar-refractivity contribution in [3.05, 3.63) is 45.8 Å². The molecular formula is C18H20N2O2S. The molecule has 2 N–H and O–H groups in total. The van der Waals surface area contributed by atoms with E-state index in [-0.39, 0.29) is 12.1 Å². The van der Waals surface area contributed by atoms with Crippen LogP contribution in [-0.4, -0.2) is 13.0 Å². The second kappa shape index (κ2) is 5.57. The van der Waals surface area contributed by atoms with Crippen molar-refractivity contribution >= 4 is 22.2 Å². The van der Waals surface area contributed by atoms with Crippen LogP contribution >= 0.6 is 11.3 Å². The highest BCUT2D eigenvalue weighted by Crippen LogP contribution is 2.42. The smallest absolute Gasteiger partial charge is 0.256 e. The van der Waals surface area contributed by atoms with Gasteiger partial charge >= 0.3 is 0 Å². The van der Waals surface area contributed by atoms with Crippen molar-refractivity contribution in [2.75, 3.05) is 12.4 Å². The number of fused-ring (bicyclic) bond motifs is 3. The van der Waals surface area contributed by atoms with Crippen LogP contribution in [0.5, 0.6) is 5.75 Å². The Labute approximate surface area is 139 Å². The number of nitrogens with one attached hydrogen (secondary N) is 2. The highest BCUT2D eigenvalue weighted by molar-refractivity contribution is 7.16. The summed E-state index contributed by atoms with van der Waals surface area (Å²) in [6.45, 7) is 2.29. The van der Waals surface area contributed by atoms with Gasteiger partial charge in [0.05, 0.1) is 12.7 Å². The van der Waals surface area contributed by atoms with E-state index in [1.54, 1.807) is 18.4 Å². The van der Waals surface area contributed by atoms with Crippen LogP contribution in [0.3, 0.4) is 0 Å². The van der Waals surface area contributed by atoms with Crippen molar-refractivity contribution in [1.29, 1.82) is 0 Å².